The maximum Gasteiger partial charge on any atom is 0.326 e. The average molecular weight is 1080 g/mol. The zero-order valence-electron chi connectivity index (χ0n) is 41.8. The van der Waals surface area contributed by atoms with Gasteiger partial charge in [0, 0.05) is 32.5 Å². The Labute approximate surface area is 440 Å². The Morgan fingerprint density at radius 2 is 1.03 bits per heavy atom. The number of nitrogens with two attached hydrogens (primary N) is 6. The first-order valence-electron chi connectivity index (χ1n) is 24.1. The SMILES string of the molecule is NC(=O)C[C@H](NC(=O)[C@H](CC(=O)O)NC(=O)[C@@H](N)CC(=O)O)C(=O)N1CCC[C@H]1C(=O)N[C@@H](CCCN=C(N)N)C(=O)N[C@@H](CCCN=C(N)N)C(=O)N[C@@H](Cc1ccccc1)C(=O)N[C@@H](Cc1ccc(O)cc1)C(=O)O. The average Bonchev–Trinajstić information content (AvgIpc) is 3.85. The second-order valence-electron chi connectivity index (χ2n) is 17.8. The minimum Gasteiger partial charge on any atom is -0.508 e. The third-order valence-electron chi connectivity index (χ3n) is 11.7. The third kappa shape index (κ3) is 22.1. The van der Waals surface area contributed by atoms with Gasteiger partial charge in [-0.05, 0) is 61.8 Å². The minimum atomic E-state index is -1.94. The highest BCUT2D eigenvalue weighted by Crippen LogP contribution is 2.21. The fourth-order valence-electron chi connectivity index (χ4n) is 7.88. The smallest absolute Gasteiger partial charge is 0.326 e. The lowest BCUT2D eigenvalue weighted by atomic mass is 10.0. The number of hydrogen-bond acceptors (Lipinski definition) is 15. The van der Waals surface area contributed by atoms with E-state index in [1.165, 1.54) is 24.3 Å². The summed E-state index contributed by atoms with van der Waals surface area (Å²) in [5.74, 6) is -13.5. The second-order valence-corrected chi connectivity index (χ2v) is 17.8. The van der Waals surface area contributed by atoms with E-state index >= 15 is 0 Å². The molecule has 8 amide bonds. The van der Waals surface area contributed by atoms with Crippen LogP contribution in [0.25, 0.3) is 0 Å². The highest BCUT2D eigenvalue weighted by Gasteiger charge is 2.41. The van der Waals surface area contributed by atoms with Crippen LogP contribution in [0.1, 0.15) is 68.9 Å². The van der Waals surface area contributed by atoms with E-state index in [1.807, 2.05) is 5.32 Å². The van der Waals surface area contributed by atoms with Gasteiger partial charge in [0.1, 0.15) is 48.0 Å². The van der Waals surface area contributed by atoms with Crippen LogP contribution < -0.4 is 66.3 Å². The first-order chi connectivity index (χ1) is 36.3. The fourth-order valence-corrected chi connectivity index (χ4v) is 7.88. The Hall–Kier alpha value is -9.09. The summed E-state index contributed by atoms with van der Waals surface area (Å²) in [6.45, 7) is -0.199. The van der Waals surface area contributed by atoms with Crippen molar-refractivity contribution in [2.45, 2.75) is 119 Å². The number of carbonyl (C=O) groups is 11. The number of aliphatic carboxylic acids is 3. The van der Waals surface area contributed by atoms with Crippen LogP contribution in [0.2, 0.25) is 0 Å². The first-order valence-corrected chi connectivity index (χ1v) is 24.1. The molecule has 22 N–H and O–H groups in total. The molecule has 1 heterocycles. The van der Waals surface area contributed by atoms with Crippen molar-refractivity contribution >= 4 is 77.1 Å². The summed E-state index contributed by atoms with van der Waals surface area (Å²) in [4.78, 5) is 153. The Morgan fingerprint density at radius 1 is 0.558 bits per heavy atom. The number of primary amides is 1. The maximum atomic E-state index is 14.4. The number of carbonyl (C=O) groups excluding carboxylic acids is 8. The molecule has 1 fully saturated rings. The Bertz CT molecular complexity index is 2490. The molecule has 30 heteroatoms. The zero-order chi connectivity index (χ0) is 57.4. The van der Waals surface area contributed by atoms with Gasteiger partial charge in [-0.2, -0.15) is 0 Å². The molecule has 0 radical (unpaired) electrons. The largest absolute Gasteiger partial charge is 0.508 e. The lowest BCUT2D eigenvalue weighted by molar-refractivity contribution is -0.145. The van der Waals surface area contributed by atoms with Crippen LogP contribution >= 0.6 is 0 Å². The van der Waals surface area contributed by atoms with Crippen LogP contribution in [0.5, 0.6) is 5.75 Å². The number of amides is 8. The van der Waals surface area contributed by atoms with Gasteiger partial charge < -0.3 is 91.6 Å². The molecule has 1 aliphatic rings. The van der Waals surface area contributed by atoms with E-state index in [0.717, 1.165) is 4.90 Å². The number of aliphatic imine (C=N–C) groups is 2. The van der Waals surface area contributed by atoms with Gasteiger partial charge in [0.25, 0.3) is 0 Å². The Morgan fingerprint density at radius 3 is 1.56 bits per heavy atom. The van der Waals surface area contributed by atoms with Gasteiger partial charge in [-0.3, -0.25) is 57.9 Å². The number of aromatic hydroxyl groups is 1. The summed E-state index contributed by atoms with van der Waals surface area (Å²) >= 11 is 0. The number of nitrogens with zero attached hydrogens (tertiary/aromatic N) is 3. The van der Waals surface area contributed by atoms with E-state index in [2.05, 4.69) is 36.6 Å². The number of guanidine groups is 2. The molecule has 0 spiro atoms. The molecule has 3 rings (SSSR count). The van der Waals surface area contributed by atoms with E-state index in [1.54, 1.807) is 30.3 Å². The van der Waals surface area contributed by atoms with Gasteiger partial charge in [0.2, 0.25) is 47.3 Å². The van der Waals surface area contributed by atoms with Gasteiger partial charge >= 0.3 is 17.9 Å². The Balaban J connectivity index is 1.94. The van der Waals surface area contributed by atoms with E-state index in [4.69, 9.17) is 39.5 Å². The number of likely N-dealkylation sites (tertiary alicyclic amines) is 1. The minimum absolute atomic E-state index is 0.0192. The lowest BCUT2D eigenvalue weighted by Crippen LogP contribution is -2.60. The molecule has 420 valence electrons. The zero-order valence-corrected chi connectivity index (χ0v) is 41.8. The third-order valence-corrected chi connectivity index (χ3v) is 11.7. The van der Waals surface area contributed by atoms with E-state index < -0.39 is 133 Å². The van der Waals surface area contributed by atoms with Crippen LogP contribution in [0, 0.1) is 0 Å². The number of benzene rings is 2. The van der Waals surface area contributed by atoms with Crippen LogP contribution in [-0.4, -0.2) is 170 Å². The number of rotatable bonds is 32. The molecule has 30 nitrogen and oxygen atoms in total. The van der Waals surface area contributed by atoms with Crippen LogP contribution in [0.4, 0.5) is 0 Å². The van der Waals surface area contributed by atoms with Gasteiger partial charge in [0.15, 0.2) is 11.9 Å². The van der Waals surface area contributed by atoms with Crippen LogP contribution in [0.15, 0.2) is 64.6 Å². The molecule has 2 aromatic carbocycles. The maximum absolute atomic E-state index is 14.4. The quantitative estimate of drug-likeness (QED) is 0.0185. The highest BCUT2D eigenvalue weighted by molar-refractivity contribution is 6.00. The fraction of sp³-hybridized carbons (Fsp3) is 0.468. The summed E-state index contributed by atoms with van der Waals surface area (Å²) in [6, 6.07) is 1.30. The molecule has 0 aliphatic carbocycles. The summed E-state index contributed by atoms with van der Waals surface area (Å²) in [5.41, 5.74) is 34.0. The first kappa shape index (κ1) is 62.2. The van der Waals surface area contributed by atoms with E-state index in [-0.39, 0.29) is 88.7 Å². The molecular formula is C47H67N15O15. The predicted molar refractivity (Wildman–Crippen MR) is 272 cm³/mol. The van der Waals surface area contributed by atoms with Gasteiger partial charge in [0.05, 0.1) is 25.3 Å². The van der Waals surface area contributed by atoms with E-state index in [0.29, 0.717) is 11.1 Å². The summed E-state index contributed by atoms with van der Waals surface area (Å²) in [6.07, 6.45) is -3.23. The van der Waals surface area contributed by atoms with Crippen LogP contribution in [-0.2, 0) is 65.6 Å². The van der Waals surface area contributed by atoms with Crippen molar-refractivity contribution < 1.29 is 73.2 Å². The molecule has 77 heavy (non-hydrogen) atoms. The van der Waals surface area contributed by atoms with Gasteiger partial charge in [-0.15, -0.1) is 0 Å². The van der Waals surface area contributed by atoms with Gasteiger partial charge in [-0.1, -0.05) is 42.5 Å². The molecule has 0 aromatic heterocycles. The summed E-state index contributed by atoms with van der Waals surface area (Å²) < 4.78 is 0. The van der Waals surface area contributed by atoms with Crippen molar-refractivity contribution in [3.63, 3.8) is 0 Å². The number of carboxylic acids is 3. The number of phenolic OH excluding ortho intramolecular Hbond substituents is 1. The van der Waals surface area contributed by atoms with Crippen molar-refractivity contribution in [1.82, 2.24) is 36.8 Å². The lowest BCUT2D eigenvalue weighted by Gasteiger charge is -2.30. The van der Waals surface area contributed by atoms with Crippen LogP contribution in [0.3, 0.4) is 0 Å². The van der Waals surface area contributed by atoms with Crippen molar-refractivity contribution in [3.05, 3.63) is 65.7 Å². The van der Waals surface area contributed by atoms with Gasteiger partial charge in [-0.25, -0.2) is 4.79 Å². The number of carboxylic acid groups (broad SMARTS) is 3. The number of phenols is 1. The molecule has 1 aliphatic heterocycles. The molecule has 1 saturated heterocycles. The number of hydrogen-bond donors (Lipinski definition) is 16. The molecule has 8 atom stereocenters. The molecular weight excluding hydrogens is 1010 g/mol. The molecule has 0 saturated carbocycles. The predicted octanol–water partition coefficient (Wildman–Crippen LogP) is -5.58. The highest BCUT2D eigenvalue weighted by atomic mass is 16.4. The van der Waals surface area contributed by atoms with Crippen molar-refractivity contribution in [2.24, 2.45) is 44.4 Å². The number of nitrogens with one attached hydrogen (secondary N) is 6. The molecule has 0 unspecified atom stereocenters. The van der Waals surface area contributed by atoms with Crippen molar-refractivity contribution in [2.75, 3.05) is 19.6 Å². The van der Waals surface area contributed by atoms with Crippen molar-refractivity contribution in [1.29, 1.82) is 0 Å². The summed E-state index contributed by atoms with van der Waals surface area (Å²) in [7, 11) is 0. The summed E-state index contributed by atoms with van der Waals surface area (Å²) in [5, 5.41) is 52.7. The van der Waals surface area contributed by atoms with E-state index in [9.17, 15) is 68.1 Å². The van der Waals surface area contributed by atoms with Crippen molar-refractivity contribution in [3.8, 4) is 5.75 Å². The standard InChI is InChI=1S/C47H67N15O15/c48-27(21-36(65)66)38(69)58-31(23-37(67)68)42(73)60-32(22-35(49)64)44(75)62-18-6-11-34(62)43(74)57-29(10-5-17-55-47(52)53)39(70)56-28(9-4-16-54-46(50)51)40(71)59-30(19-24-7-2-1-3-8-24)41(72)61-33(45(76)77)20-25-12-14-26(63)15-13-25/h1-3,7-8,12-15,27-34,63H,4-6,9-11,16-23,48H2,(H2,49,64)(H,56,70)(H,57,74)(H,58,69)(H,59,71)(H,60,73)(H,61,72)(H,65,66)(H,67,68)(H,76,77)(H4,50,51,54)(H4,52,53,55)/t27-,28-,29-,30-,31-,32-,33-,34-/m0/s1. The molecule has 0 bridgehead atoms. The molecule has 2 aromatic rings. The Kier molecular flexibility index (Phi) is 25.0. The normalized spacial score (nSPS) is 15.5. The topological polar surface area (TPSA) is 525 Å². The monoisotopic (exact) mass is 1080 g/mol. The second kappa shape index (κ2) is 30.9.